The molecule has 1 saturated carbocycles. The molecule has 210 valence electrons. The quantitative estimate of drug-likeness (QED) is 0.447. The minimum Gasteiger partial charge on any atom is -0.382 e. The predicted octanol–water partition coefficient (Wildman–Crippen LogP) is 4.45. The maximum Gasteiger partial charge on any atom is 0.242 e. The van der Waals surface area contributed by atoms with Gasteiger partial charge in [-0.1, -0.05) is 34.6 Å². The Morgan fingerprint density at radius 1 is 1.13 bits per heavy atom. The number of nitrogens with one attached hydrogen (secondary N) is 3. The highest BCUT2D eigenvalue weighted by atomic mass is 32.2. The molecule has 0 radical (unpaired) electrons. The van der Waals surface area contributed by atoms with Crippen molar-refractivity contribution in [3.8, 4) is 0 Å². The number of morpholine rings is 1. The van der Waals surface area contributed by atoms with Crippen molar-refractivity contribution in [2.45, 2.75) is 70.7 Å². The molecule has 3 heterocycles. The van der Waals surface area contributed by atoms with Crippen LogP contribution in [0.5, 0.6) is 0 Å². The fourth-order valence-electron chi connectivity index (χ4n) is 5.08. The topological polar surface area (TPSA) is 108 Å². The van der Waals surface area contributed by atoms with Crippen LogP contribution in [0, 0.1) is 10.8 Å². The van der Waals surface area contributed by atoms with E-state index in [4.69, 9.17) is 9.72 Å². The van der Waals surface area contributed by atoms with Crippen LogP contribution in [0.1, 0.15) is 65.5 Å². The summed E-state index contributed by atoms with van der Waals surface area (Å²) < 4.78 is 35.2. The highest BCUT2D eigenvalue weighted by Gasteiger charge is 2.40. The molecule has 0 spiro atoms. The predicted molar refractivity (Wildman–Crippen MR) is 153 cm³/mol. The molecule has 38 heavy (non-hydrogen) atoms. The van der Waals surface area contributed by atoms with Gasteiger partial charge in [0.25, 0.3) is 0 Å². The van der Waals surface area contributed by atoms with Crippen LogP contribution in [0.25, 0.3) is 0 Å². The zero-order chi connectivity index (χ0) is 27.6. The number of hydrogen-bond acceptors (Lipinski definition) is 8. The lowest BCUT2D eigenvalue weighted by atomic mass is 9.69. The summed E-state index contributed by atoms with van der Waals surface area (Å²) in [6, 6.07) is 7.38. The van der Waals surface area contributed by atoms with E-state index in [1.165, 1.54) is 6.20 Å². The van der Waals surface area contributed by atoms with E-state index in [9.17, 15) is 8.42 Å². The summed E-state index contributed by atoms with van der Waals surface area (Å²) in [7, 11) is -1.84. The number of sulfonamides is 1. The fourth-order valence-corrected chi connectivity index (χ4v) is 6.44. The van der Waals surface area contributed by atoms with Crippen LogP contribution in [0.2, 0.25) is 0 Å². The molecule has 1 aliphatic heterocycles. The van der Waals surface area contributed by atoms with E-state index < -0.39 is 10.0 Å². The SMILES string of the molecule is CNc1nc(C2CCC(C)(C)C(NS(=O)(=O)c3ccc(N4CCOCC4)nc3)C2)ccc1NCC(C)(C)C. The van der Waals surface area contributed by atoms with Gasteiger partial charge in [-0.15, -0.1) is 0 Å². The first-order valence-corrected chi connectivity index (χ1v) is 15.1. The largest absolute Gasteiger partial charge is 0.382 e. The van der Waals surface area contributed by atoms with Crippen LogP contribution in [-0.4, -0.2) is 64.3 Å². The van der Waals surface area contributed by atoms with E-state index in [0.29, 0.717) is 19.6 Å². The third-order valence-electron chi connectivity index (χ3n) is 7.65. The molecule has 1 saturated heterocycles. The van der Waals surface area contributed by atoms with Crippen molar-refractivity contribution in [2.75, 3.05) is 55.4 Å². The van der Waals surface area contributed by atoms with Gasteiger partial charge in [0.2, 0.25) is 10.0 Å². The van der Waals surface area contributed by atoms with E-state index in [0.717, 1.165) is 55.5 Å². The smallest absolute Gasteiger partial charge is 0.242 e. The molecule has 0 amide bonds. The molecule has 2 aliphatic rings. The monoisotopic (exact) mass is 544 g/mol. The molecule has 2 aromatic rings. The fraction of sp³-hybridized carbons (Fsp3) is 0.643. The summed E-state index contributed by atoms with van der Waals surface area (Å²) in [5.41, 5.74) is 1.95. The number of rotatable bonds is 8. The van der Waals surface area contributed by atoms with Crippen LogP contribution in [-0.2, 0) is 14.8 Å². The Morgan fingerprint density at radius 3 is 2.50 bits per heavy atom. The minimum atomic E-state index is -3.72. The first kappa shape index (κ1) is 28.6. The van der Waals surface area contributed by atoms with Gasteiger partial charge < -0.3 is 20.3 Å². The lowest BCUT2D eigenvalue weighted by Crippen LogP contribution is -2.48. The number of pyridine rings is 2. The number of ether oxygens (including phenoxy) is 1. The second kappa shape index (κ2) is 11.4. The van der Waals surface area contributed by atoms with Crippen LogP contribution in [0.3, 0.4) is 0 Å². The van der Waals surface area contributed by atoms with E-state index in [1.54, 1.807) is 12.1 Å². The zero-order valence-corrected chi connectivity index (χ0v) is 24.5. The standard InChI is InChI=1S/C28H44N6O3S/c1-27(2,3)19-31-23-9-8-22(32-26(23)29-6)20-11-12-28(4,5)24(17-20)33-38(35,36)21-7-10-25(30-18-21)34-13-15-37-16-14-34/h7-10,18,20,24,31,33H,11-17,19H2,1-6H3,(H,29,32). The van der Waals surface area contributed by atoms with E-state index in [2.05, 4.69) is 72.0 Å². The average molecular weight is 545 g/mol. The Hall–Kier alpha value is -2.43. The second-order valence-corrected chi connectivity index (χ2v) is 14.1. The molecule has 4 rings (SSSR count). The van der Waals surface area contributed by atoms with Crippen molar-refractivity contribution in [3.05, 3.63) is 36.2 Å². The van der Waals surface area contributed by atoms with Gasteiger partial charge in [-0.25, -0.2) is 23.1 Å². The molecule has 2 aromatic heterocycles. The van der Waals surface area contributed by atoms with E-state index >= 15 is 0 Å². The number of anilines is 3. The van der Waals surface area contributed by atoms with Crippen molar-refractivity contribution in [2.24, 2.45) is 10.8 Å². The van der Waals surface area contributed by atoms with Crippen LogP contribution in [0.4, 0.5) is 17.3 Å². The maximum absolute atomic E-state index is 13.4. The van der Waals surface area contributed by atoms with Crippen LogP contribution in [0.15, 0.2) is 35.4 Å². The Labute approximate surface area is 228 Å². The number of aromatic nitrogens is 2. The Morgan fingerprint density at radius 2 is 1.87 bits per heavy atom. The van der Waals surface area contributed by atoms with Crippen LogP contribution >= 0.6 is 0 Å². The summed E-state index contributed by atoms with van der Waals surface area (Å²) in [5, 5.41) is 6.72. The summed E-state index contributed by atoms with van der Waals surface area (Å²) >= 11 is 0. The minimum absolute atomic E-state index is 0.154. The van der Waals surface area contributed by atoms with Crippen LogP contribution < -0.4 is 20.3 Å². The van der Waals surface area contributed by atoms with E-state index in [1.807, 2.05) is 7.05 Å². The molecule has 3 N–H and O–H groups in total. The molecule has 1 aliphatic carbocycles. The van der Waals surface area contributed by atoms with Gasteiger partial charge in [-0.2, -0.15) is 0 Å². The first-order chi connectivity index (χ1) is 17.9. The Bertz CT molecular complexity index is 1190. The van der Waals surface area contributed by atoms with Gasteiger partial charge in [-0.3, -0.25) is 0 Å². The normalized spacial score (nSPS) is 22.2. The van der Waals surface area contributed by atoms with Gasteiger partial charge in [-0.05, 0) is 54.4 Å². The molecule has 9 nitrogen and oxygen atoms in total. The van der Waals surface area contributed by atoms with Crippen molar-refractivity contribution in [3.63, 3.8) is 0 Å². The van der Waals surface area contributed by atoms with Crippen molar-refractivity contribution in [1.29, 1.82) is 0 Å². The van der Waals surface area contributed by atoms with Crippen molar-refractivity contribution < 1.29 is 13.2 Å². The van der Waals surface area contributed by atoms with Gasteiger partial charge in [0.15, 0.2) is 0 Å². The molecular formula is C28H44N6O3S. The highest BCUT2D eigenvalue weighted by Crippen LogP contribution is 2.43. The Balaban J connectivity index is 1.48. The molecule has 2 unspecified atom stereocenters. The van der Waals surface area contributed by atoms with Crippen molar-refractivity contribution >= 4 is 27.3 Å². The molecule has 2 atom stereocenters. The summed E-state index contributed by atoms with van der Waals surface area (Å²) in [5.74, 6) is 1.76. The lowest BCUT2D eigenvalue weighted by Gasteiger charge is -2.42. The summed E-state index contributed by atoms with van der Waals surface area (Å²) in [6.45, 7) is 14.5. The summed E-state index contributed by atoms with van der Waals surface area (Å²) in [6.07, 6.45) is 4.02. The van der Waals surface area contributed by atoms with Gasteiger partial charge in [0.05, 0.1) is 18.9 Å². The highest BCUT2D eigenvalue weighted by molar-refractivity contribution is 7.89. The first-order valence-electron chi connectivity index (χ1n) is 13.6. The van der Waals surface area contributed by atoms with E-state index in [-0.39, 0.29) is 27.7 Å². The number of nitrogens with zero attached hydrogens (tertiary/aromatic N) is 3. The van der Waals surface area contributed by atoms with Crippen molar-refractivity contribution in [1.82, 2.24) is 14.7 Å². The second-order valence-electron chi connectivity index (χ2n) is 12.4. The Kier molecular flexibility index (Phi) is 8.54. The average Bonchev–Trinajstić information content (AvgIpc) is 2.88. The zero-order valence-electron chi connectivity index (χ0n) is 23.7. The summed E-state index contributed by atoms with van der Waals surface area (Å²) in [4.78, 5) is 11.7. The lowest BCUT2D eigenvalue weighted by molar-refractivity contribution is 0.122. The van der Waals surface area contributed by atoms with Gasteiger partial charge >= 0.3 is 0 Å². The van der Waals surface area contributed by atoms with Gasteiger partial charge in [0, 0.05) is 50.5 Å². The molecule has 0 bridgehead atoms. The number of hydrogen-bond donors (Lipinski definition) is 3. The maximum atomic E-state index is 13.4. The molecule has 2 fully saturated rings. The third kappa shape index (κ3) is 6.95. The molecule has 0 aromatic carbocycles. The van der Waals surface area contributed by atoms with Gasteiger partial charge in [0.1, 0.15) is 16.5 Å². The molecule has 10 heteroatoms. The third-order valence-corrected chi connectivity index (χ3v) is 9.10. The molecular weight excluding hydrogens is 500 g/mol.